The number of rotatable bonds is 5. The summed E-state index contributed by atoms with van der Waals surface area (Å²) in [5, 5.41) is 0.592. The molecule has 0 amide bonds. The van der Waals surface area contributed by atoms with Crippen LogP contribution in [0.2, 0.25) is 0 Å². The van der Waals surface area contributed by atoms with Gasteiger partial charge in [0.05, 0.1) is 20.4 Å². The minimum Gasteiger partial charge on any atom is -0.496 e. The molecule has 5 rings (SSSR count). The van der Waals surface area contributed by atoms with Crippen molar-refractivity contribution in [3.05, 3.63) is 65.5 Å². The molecule has 188 valence electrons. The fraction of sp³-hybridized carbons (Fsp3) is 0.357. The van der Waals surface area contributed by atoms with Gasteiger partial charge in [-0.25, -0.2) is 18.6 Å². The highest BCUT2D eigenvalue weighted by molar-refractivity contribution is 5.97. The van der Waals surface area contributed by atoms with Gasteiger partial charge in [-0.1, -0.05) is 11.6 Å². The second-order valence-electron chi connectivity index (χ2n) is 9.30. The Morgan fingerprint density at radius 3 is 2.67 bits per heavy atom. The number of pyridine rings is 1. The summed E-state index contributed by atoms with van der Waals surface area (Å²) >= 11 is 0. The molecule has 1 aliphatic carbocycles. The molecule has 1 fully saturated rings. The summed E-state index contributed by atoms with van der Waals surface area (Å²) < 4.78 is 39.1. The van der Waals surface area contributed by atoms with Crippen LogP contribution in [0.3, 0.4) is 0 Å². The van der Waals surface area contributed by atoms with Gasteiger partial charge in [0.2, 0.25) is 0 Å². The maximum atomic E-state index is 15.0. The molecule has 3 heterocycles. The molecule has 1 N–H and O–H groups in total. The van der Waals surface area contributed by atoms with E-state index in [9.17, 15) is 13.6 Å². The Kier molecular flexibility index (Phi) is 6.87. The molecule has 1 saturated carbocycles. The molecule has 0 spiro atoms. The quantitative estimate of drug-likeness (QED) is 0.368. The molecule has 6 nitrogen and oxygen atoms in total. The fourth-order valence-corrected chi connectivity index (χ4v) is 5.34. The van der Waals surface area contributed by atoms with Crippen LogP contribution in [0, 0.1) is 11.6 Å². The number of benzene rings is 1. The van der Waals surface area contributed by atoms with Gasteiger partial charge in [-0.15, -0.1) is 0 Å². The van der Waals surface area contributed by atoms with Crippen LogP contribution in [0.4, 0.5) is 8.78 Å². The molecule has 0 atom stereocenters. The van der Waals surface area contributed by atoms with Crippen molar-refractivity contribution in [2.45, 2.75) is 38.1 Å². The molecule has 0 radical (unpaired) electrons. The van der Waals surface area contributed by atoms with Gasteiger partial charge in [0.25, 0.3) is 0 Å². The predicted molar refractivity (Wildman–Crippen MR) is 135 cm³/mol. The molecule has 2 aromatic heterocycles. The number of fused-ring (bicyclic) bond motifs is 1. The van der Waals surface area contributed by atoms with E-state index in [0.29, 0.717) is 28.4 Å². The molecule has 1 aliphatic heterocycles. The van der Waals surface area contributed by atoms with Crippen LogP contribution in [0.25, 0.3) is 27.7 Å². The maximum Gasteiger partial charge on any atom is 0.330 e. The van der Waals surface area contributed by atoms with Crippen molar-refractivity contribution in [1.82, 2.24) is 14.9 Å². The van der Waals surface area contributed by atoms with E-state index in [1.54, 1.807) is 6.08 Å². The molecule has 1 aromatic carbocycles. The lowest BCUT2D eigenvalue weighted by molar-refractivity contribution is -0.134. The number of nitrogens with zero attached hydrogens (tertiary/aromatic N) is 2. The minimum absolute atomic E-state index is 0.273. The summed E-state index contributed by atoms with van der Waals surface area (Å²) in [5.74, 6) is -0.869. The minimum atomic E-state index is -0.529. The monoisotopic (exact) mass is 493 g/mol. The lowest BCUT2D eigenvalue weighted by Gasteiger charge is -2.36. The predicted octanol–water partition coefficient (Wildman–Crippen LogP) is 5.65. The van der Waals surface area contributed by atoms with Gasteiger partial charge in [-0.2, -0.15) is 0 Å². The summed E-state index contributed by atoms with van der Waals surface area (Å²) in [5.41, 5.74) is 4.39. The van der Waals surface area contributed by atoms with Gasteiger partial charge in [0.15, 0.2) is 0 Å². The fourth-order valence-electron chi connectivity index (χ4n) is 5.34. The van der Waals surface area contributed by atoms with Crippen molar-refractivity contribution in [2.75, 3.05) is 27.3 Å². The summed E-state index contributed by atoms with van der Waals surface area (Å²) in [6, 6.07) is 6.47. The van der Waals surface area contributed by atoms with E-state index < -0.39 is 11.6 Å². The van der Waals surface area contributed by atoms with Crippen LogP contribution in [0.5, 0.6) is 5.75 Å². The number of halogens is 2. The molecule has 2 aliphatic rings. The number of H-pyrrole nitrogens is 1. The molecule has 8 heteroatoms. The van der Waals surface area contributed by atoms with E-state index in [2.05, 4.69) is 20.9 Å². The van der Waals surface area contributed by atoms with E-state index in [1.807, 2.05) is 6.07 Å². The largest absolute Gasteiger partial charge is 0.496 e. The Hall–Kier alpha value is -3.52. The summed E-state index contributed by atoms with van der Waals surface area (Å²) in [4.78, 5) is 21.6. The third-order valence-corrected chi connectivity index (χ3v) is 7.27. The SMILES string of the molecule is COC(=O)C=C1CCC(N2CC=C(c3cc4c(-c5cc(F)ccc5OC)c(F)cnc4[nH]3)CC2)CC1. The first-order valence-corrected chi connectivity index (χ1v) is 12.2. The number of allylic oxidation sites excluding steroid dienone is 1. The molecule has 36 heavy (non-hydrogen) atoms. The topological polar surface area (TPSA) is 67.4 Å². The van der Waals surface area contributed by atoms with E-state index in [1.165, 1.54) is 32.4 Å². The third-order valence-electron chi connectivity index (χ3n) is 7.27. The van der Waals surface area contributed by atoms with Gasteiger partial charge in [-0.3, -0.25) is 4.90 Å². The first kappa shape index (κ1) is 24.2. The number of carbonyl (C=O) groups excluding carboxylic acids is 1. The maximum absolute atomic E-state index is 15.0. The first-order chi connectivity index (χ1) is 17.5. The van der Waals surface area contributed by atoms with Gasteiger partial charge < -0.3 is 14.5 Å². The zero-order valence-corrected chi connectivity index (χ0v) is 20.4. The van der Waals surface area contributed by atoms with E-state index in [0.717, 1.165) is 68.2 Å². The highest BCUT2D eigenvalue weighted by Crippen LogP contribution is 2.38. The number of hydrogen-bond donors (Lipinski definition) is 1. The first-order valence-electron chi connectivity index (χ1n) is 12.2. The van der Waals surface area contributed by atoms with Crippen molar-refractivity contribution < 1.29 is 23.0 Å². The Labute approximate surface area is 208 Å². The van der Waals surface area contributed by atoms with Gasteiger partial charge >= 0.3 is 5.97 Å². The number of aromatic amines is 1. The number of hydrogen-bond acceptors (Lipinski definition) is 5. The molecular formula is C28H29F2N3O3. The van der Waals surface area contributed by atoms with Crippen LogP contribution >= 0.6 is 0 Å². The van der Waals surface area contributed by atoms with Crippen LogP contribution in [0.15, 0.2) is 48.2 Å². The molecule has 3 aromatic rings. The van der Waals surface area contributed by atoms with E-state index >= 15 is 0 Å². The summed E-state index contributed by atoms with van der Waals surface area (Å²) in [6.07, 6.45) is 9.75. The standard InChI is InChI=1S/C28H29F2N3O3/c1-35-25-8-5-19(29)14-21(25)27-22-15-24(32-28(22)31-16-23(27)30)18-9-11-33(12-10-18)20-6-3-17(4-7-20)13-26(34)36-2/h5,8-9,13-16,20H,3-4,6-7,10-12H2,1-2H3,(H,31,32). The number of nitrogens with one attached hydrogen (secondary N) is 1. The number of esters is 1. The summed E-state index contributed by atoms with van der Waals surface area (Å²) in [6.45, 7) is 1.76. The lowest BCUT2D eigenvalue weighted by atomic mass is 9.88. The second-order valence-corrected chi connectivity index (χ2v) is 9.30. The second kappa shape index (κ2) is 10.2. The smallest absolute Gasteiger partial charge is 0.330 e. The Bertz CT molecular complexity index is 1350. The van der Waals surface area contributed by atoms with Crippen LogP contribution in [-0.4, -0.2) is 54.2 Å². The normalized spacial score (nSPS) is 18.7. The van der Waals surface area contributed by atoms with Crippen molar-refractivity contribution in [3.8, 4) is 16.9 Å². The van der Waals surface area contributed by atoms with Crippen molar-refractivity contribution in [2.24, 2.45) is 0 Å². The summed E-state index contributed by atoms with van der Waals surface area (Å²) in [7, 11) is 2.89. The molecule has 0 saturated heterocycles. The average molecular weight is 494 g/mol. The zero-order valence-electron chi connectivity index (χ0n) is 20.4. The number of methoxy groups -OCH3 is 2. The van der Waals surface area contributed by atoms with Crippen LogP contribution < -0.4 is 4.74 Å². The number of aromatic nitrogens is 2. The van der Waals surface area contributed by atoms with E-state index in [-0.39, 0.29) is 11.5 Å². The Balaban J connectivity index is 1.36. The third kappa shape index (κ3) is 4.78. The van der Waals surface area contributed by atoms with Crippen molar-refractivity contribution in [1.29, 1.82) is 0 Å². The number of carbonyl (C=O) groups is 1. The van der Waals surface area contributed by atoms with Gasteiger partial charge in [-0.05, 0) is 61.9 Å². The average Bonchev–Trinajstić information content (AvgIpc) is 3.33. The zero-order chi connectivity index (χ0) is 25.2. The highest BCUT2D eigenvalue weighted by Gasteiger charge is 2.26. The Morgan fingerprint density at radius 1 is 1.17 bits per heavy atom. The van der Waals surface area contributed by atoms with Gasteiger partial charge in [0, 0.05) is 47.4 Å². The van der Waals surface area contributed by atoms with Crippen LogP contribution in [-0.2, 0) is 9.53 Å². The van der Waals surface area contributed by atoms with E-state index in [4.69, 9.17) is 9.47 Å². The molecular weight excluding hydrogens is 464 g/mol. The van der Waals surface area contributed by atoms with Crippen molar-refractivity contribution in [3.63, 3.8) is 0 Å². The van der Waals surface area contributed by atoms with Crippen LogP contribution in [0.1, 0.15) is 37.8 Å². The van der Waals surface area contributed by atoms with Crippen molar-refractivity contribution >= 4 is 22.6 Å². The number of ether oxygens (including phenoxy) is 2. The Morgan fingerprint density at radius 2 is 1.97 bits per heavy atom. The molecule has 0 bridgehead atoms. The highest BCUT2D eigenvalue weighted by atomic mass is 19.1. The molecule has 0 unspecified atom stereocenters. The lowest BCUT2D eigenvalue weighted by Crippen LogP contribution is -2.39. The van der Waals surface area contributed by atoms with Gasteiger partial charge in [0.1, 0.15) is 23.0 Å².